The van der Waals surface area contributed by atoms with Gasteiger partial charge in [-0.2, -0.15) is 0 Å². The van der Waals surface area contributed by atoms with Crippen molar-refractivity contribution in [3.8, 4) is 0 Å². The Kier molecular flexibility index (Phi) is 13.9. The maximum atomic E-state index is 7.10. The molecule has 0 aromatic heterocycles. The van der Waals surface area contributed by atoms with E-state index in [2.05, 4.69) is 48.5 Å². The van der Waals surface area contributed by atoms with E-state index >= 15 is 0 Å². The van der Waals surface area contributed by atoms with Crippen molar-refractivity contribution in [1.82, 2.24) is 0 Å². The first-order valence-corrected chi connectivity index (χ1v) is 17.2. The van der Waals surface area contributed by atoms with E-state index in [4.69, 9.17) is 13.3 Å². The SMILES string of the molecule is CCCCCCC(CO[SiH3])(O[Si](CC)(CC)CC)O[Si](CC)(CC)CC. The van der Waals surface area contributed by atoms with Crippen molar-refractivity contribution >= 4 is 27.1 Å². The zero-order chi connectivity index (χ0) is 20.1. The monoisotopic (exact) mass is 420 g/mol. The Hall–Kier alpha value is 0.531. The summed E-state index contributed by atoms with van der Waals surface area (Å²) in [5.74, 6) is -0.488. The summed E-state index contributed by atoms with van der Waals surface area (Å²) in [6, 6.07) is 7.00. The van der Waals surface area contributed by atoms with Crippen LogP contribution in [0.4, 0.5) is 0 Å². The topological polar surface area (TPSA) is 27.7 Å². The molecule has 0 unspecified atom stereocenters. The molecule has 3 nitrogen and oxygen atoms in total. The highest BCUT2D eigenvalue weighted by Crippen LogP contribution is 2.37. The normalized spacial score (nSPS) is 13.5. The molecule has 158 valence electrons. The molecule has 0 rings (SSSR count). The van der Waals surface area contributed by atoms with Crippen LogP contribution in [0, 0.1) is 0 Å². The van der Waals surface area contributed by atoms with Gasteiger partial charge in [-0.3, -0.25) is 0 Å². The van der Waals surface area contributed by atoms with Gasteiger partial charge in [-0.15, -0.1) is 0 Å². The maximum absolute atomic E-state index is 7.10. The van der Waals surface area contributed by atoms with Gasteiger partial charge in [-0.1, -0.05) is 67.7 Å². The van der Waals surface area contributed by atoms with Gasteiger partial charge in [0.05, 0.1) is 6.61 Å². The molecular weight excluding hydrogens is 372 g/mol. The molecule has 6 heteroatoms. The first kappa shape index (κ1) is 26.5. The average Bonchev–Trinajstić information content (AvgIpc) is 2.68. The van der Waals surface area contributed by atoms with E-state index in [1.807, 2.05) is 0 Å². The lowest BCUT2D eigenvalue weighted by Crippen LogP contribution is -2.57. The van der Waals surface area contributed by atoms with Crippen LogP contribution in [0.3, 0.4) is 0 Å². The largest absolute Gasteiger partial charge is 0.423 e. The molecule has 0 bridgehead atoms. The summed E-state index contributed by atoms with van der Waals surface area (Å²) in [6.07, 6.45) is 6.01. The van der Waals surface area contributed by atoms with E-state index in [1.165, 1.54) is 61.9 Å². The van der Waals surface area contributed by atoms with Gasteiger partial charge in [0.1, 0.15) is 10.5 Å². The predicted octanol–water partition coefficient (Wildman–Crippen LogP) is 5.99. The first-order chi connectivity index (χ1) is 12.4. The van der Waals surface area contributed by atoms with Gasteiger partial charge in [0.15, 0.2) is 22.4 Å². The third-order valence-electron chi connectivity index (χ3n) is 6.45. The summed E-state index contributed by atoms with van der Waals surface area (Å²) in [7, 11) is -2.78. The molecule has 26 heavy (non-hydrogen) atoms. The van der Waals surface area contributed by atoms with Crippen LogP contribution < -0.4 is 0 Å². The van der Waals surface area contributed by atoms with Crippen LogP contribution in [0.25, 0.3) is 0 Å². The predicted molar refractivity (Wildman–Crippen MR) is 124 cm³/mol. The van der Waals surface area contributed by atoms with Gasteiger partial charge in [-0.25, -0.2) is 0 Å². The second-order valence-corrected chi connectivity index (χ2v) is 17.8. The Morgan fingerprint density at radius 3 is 1.38 bits per heavy atom. The van der Waals surface area contributed by atoms with Gasteiger partial charge < -0.3 is 13.3 Å². The molecule has 0 radical (unpaired) electrons. The molecular formula is C20H48O3Si3. The van der Waals surface area contributed by atoms with E-state index in [1.54, 1.807) is 0 Å². The smallest absolute Gasteiger partial charge is 0.195 e. The van der Waals surface area contributed by atoms with Crippen molar-refractivity contribution < 1.29 is 13.3 Å². The van der Waals surface area contributed by atoms with Crippen LogP contribution >= 0.6 is 0 Å². The molecule has 0 amide bonds. The lowest BCUT2D eigenvalue weighted by Gasteiger charge is -2.47. The Morgan fingerprint density at radius 2 is 1.08 bits per heavy atom. The fraction of sp³-hybridized carbons (Fsp3) is 1.00. The minimum atomic E-state index is -1.76. The Bertz CT molecular complexity index is 307. The molecule has 0 aliphatic carbocycles. The van der Waals surface area contributed by atoms with Gasteiger partial charge in [0.25, 0.3) is 0 Å². The van der Waals surface area contributed by atoms with E-state index in [-0.39, 0.29) is 0 Å². The highest BCUT2D eigenvalue weighted by molar-refractivity contribution is 6.74. The van der Waals surface area contributed by atoms with Crippen LogP contribution in [0.2, 0.25) is 36.3 Å². The van der Waals surface area contributed by atoms with Crippen LogP contribution in [0.1, 0.15) is 80.6 Å². The van der Waals surface area contributed by atoms with Crippen molar-refractivity contribution in [3.63, 3.8) is 0 Å². The standard InChI is InChI=1S/C20H48O3Si3/c1-8-15-16-17-18-20(19-21-24,22-25(9-2,10-3)11-4)23-26(12-5,13-6)14-7/h8-19H2,1-7,24H3. The lowest BCUT2D eigenvalue weighted by molar-refractivity contribution is -0.159. The highest BCUT2D eigenvalue weighted by atomic mass is 28.4. The molecule has 0 atom stereocenters. The third-order valence-corrected chi connectivity index (χ3v) is 16.1. The fourth-order valence-corrected chi connectivity index (χ4v) is 10.4. The van der Waals surface area contributed by atoms with Gasteiger partial charge in [-0.05, 0) is 42.7 Å². The molecule has 0 aromatic rings. The summed E-state index contributed by atoms with van der Waals surface area (Å²) in [5, 5.41) is 0. The summed E-state index contributed by atoms with van der Waals surface area (Å²) >= 11 is 0. The quantitative estimate of drug-likeness (QED) is 0.164. The lowest BCUT2D eigenvalue weighted by atomic mass is 10.1. The minimum Gasteiger partial charge on any atom is -0.423 e. The third kappa shape index (κ3) is 7.87. The van der Waals surface area contributed by atoms with E-state index in [0.29, 0.717) is 6.61 Å². The number of unbranched alkanes of at least 4 members (excludes halogenated alkanes) is 3. The van der Waals surface area contributed by atoms with Crippen LogP contribution in [-0.4, -0.2) is 39.5 Å². The zero-order valence-corrected chi connectivity index (χ0v) is 23.2. The average molecular weight is 421 g/mol. The minimum absolute atomic E-state index is 0.488. The summed E-state index contributed by atoms with van der Waals surface area (Å²) in [4.78, 5) is 0. The molecule has 0 heterocycles. The molecule has 0 aliphatic heterocycles. The molecule has 0 aromatic carbocycles. The summed E-state index contributed by atoms with van der Waals surface area (Å²) in [6.45, 7) is 16.8. The second kappa shape index (κ2) is 13.7. The number of hydrogen-bond donors (Lipinski definition) is 0. The van der Waals surface area contributed by atoms with E-state index in [9.17, 15) is 0 Å². The second-order valence-electron chi connectivity index (χ2n) is 7.85. The Balaban J connectivity index is 5.73. The van der Waals surface area contributed by atoms with Crippen molar-refractivity contribution in [2.45, 2.75) is 123 Å². The van der Waals surface area contributed by atoms with Crippen LogP contribution in [0.5, 0.6) is 0 Å². The molecule has 0 spiro atoms. The highest BCUT2D eigenvalue weighted by Gasteiger charge is 2.46. The zero-order valence-electron chi connectivity index (χ0n) is 19.2. The summed E-state index contributed by atoms with van der Waals surface area (Å²) in [5.41, 5.74) is 0. The molecule has 0 saturated heterocycles. The number of hydrogen-bond acceptors (Lipinski definition) is 3. The number of rotatable bonds is 17. The summed E-state index contributed by atoms with van der Waals surface area (Å²) < 4.78 is 20.1. The van der Waals surface area contributed by atoms with Crippen LogP contribution in [-0.2, 0) is 13.3 Å². The van der Waals surface area contributed by atoms with Gasteiger partial charge in [0.2, 0.25) is 0 Å². The first-order valence-electron chi connectivity index (χ1n) is 11.3. The Morgan fingerprint density at radius 1 is 0.654 bits per heavy atom. The molecule has 0 saturated carbocycles. The Labute approximate surface area is 169 Å². The fourth-order valence-electron chi connectivity index (χ4n) is 4.02. The van der Waals surface area contributed by atoms with Crippen molar-refractivity contribution in [2.75, 3.05) is 6.61 Å². The van der Waals surface area contributed by atoms with Crippen molar-refractivity contribution in [2.24, 2.45) is 0 Å². The van der Waals surface area contributed by atoms with Gasteiger partial charge in [0, 0.05) is 6.42 Å². The molecule has 0 fully saturated rings. The van der Waals surface area contributed by atoms with Crippen molar-refractivity contribution in [1.29, 1.82) is 0 Å². The van der Waals surface area contributed by atoms with E-state index < -0.39 is 22.4 Å². The maximum Gasteiger partial charge on any atom is 0.195 e. The van der Waals surface area contributed by atoms with Crippen LogP contribution in [0.15, 0.2) is 0 Å². The molecule has 0 aliphatic rings. The van der Waals surface area contributed by atoms with E-state index in [0.717, 1.165) is 16.9 Å². The molecule has 0 N–H and O–H groups in total. The van der Waals surface area contributed by atoms with Gasteiger partial charge >= 0.3 is 0 Å². The van der Waals surface area contributed by atoms with Crippen molar-refractivity contribution in [3.05, 3.63) is 0 Å².